The van der Waals surface area contributed by atoms with E-state index in [4.69, 9.17) is 11.6 Å². The molecule has 0 radical (unpaired) electrons. The molecule has 1 aromatic heterocycles. The predicted molar refractivity (Wildman–Crippen MR) is 105 cm³/mol. The van der Waals surface area contributed by atoms with Crippen LogP contribution in [0.4, 0.5) is 0 Å². The van der Waals surface area contributed by atoms with Crippen LogP contribution in [-0.2, 0) is 17.1 Å². The molecule has 0 saturated heterocycles. The number of halogens is 2. The highest BCUT2D eigenvalue weighted by atomic mass is 79.9. The van der Waals surface area contributed by atoms with Crippen LogP contribution in [-0.4, -0.2) is 30.8 Å². The number of nitrogens with zero attached hydrogens (tertiary/aromatic N) is 1. The molecule has 0 saturated carbocycles. The third kappa shape index (κ3) is 5.32. The molecule has 0 aliphatic carbocycles. The van der Waals surface area contributed by atoms with Gasteiger partial charge in [-0.3, -0.25) is 20.4 Å². The van der Waals surface area contributed by atoms with Crippen LogP contribution >= 0.6 is 27.5 Å². The summed E-state index contributed by atoms with van der Waals surface area (Å²) in [6.07, 6.45) is 1.68. The Bertz CT molecular complexity index is 988. The van der Waals surface area contributed by atoms with Crippen LogP contribution in [0.2, 0.25) is 5.02 Å². The first-order valence-electron chi connectivity index (χ1n) is 7.75. The zero-order chi connectivity index (χ0) is 20.4. The van der Waals surface area contributed by atoms with E-state index in [1.807, 2.05) is 0 Å². The van der Waals surface area contributed by atoms with Crippen LogP contribution in [0.1, 0.15) is 34.7 Å². The number of rotatable bonds is 5. The molecule has 146 valence electrons. The molecule has 2 aromatic rings. The maximum Gasteiger partial charge on any atom is 0.286 e. The maximum atomic E-state index is 12.4. The molecule has 3 N–H and O–H groups in total. The van der Waals surface area contributed by atoms with Crippen molar-refractivity contribution in [2.75, 3.05) is 0 Å². The summed E-state index contributed by atoms with van der Waals surface area (Å²) in [6, 6.07) is 5.02. The molecular weight excluding hydrogens is 460 g/mol. The standard InChI is InChI=1S/C16H18BrClN4O4S/c1-9(2)21-27(25,26)11-4-5-13(18)12(7-11)15(23)19-20-16(24)14-6-10(17)8-22(14)3/h4-9,21H,1-3H3,(H,19,23)(H,20,24). The maximum absolute atomic E-state index is 12.4. The molecular formula is C16H18BrClN4O4S. The third-order valence-corrected chi connectivity index (χ3v) is 5.80. The molecule has 11 heteroatoms. The Labute approximate surface area is 170 Å². The first kappa shape index (κ1) is 21.4. The summed E-state index contributed by atoms with van der Waals surface area (Å²) in [6.45, 7) is 3.36. The van der Waals surface area contributed by atoms with Crippen LogP contribution < -0.4 is 15.6 Å². The van der Waals surface area contributed by atoms with Crippen LogP contribution in [0.5, 0.6) is 0 Å². The molecule has 2 amide bonds. The van der Waals surface area contributed by atoms with E-state index in [0.717, 1.165) is 6.07 Å². The Morgan fingerprint density at radius 3 is 2.33 bits per heavy atom. The molecule has 0 unspecified atom stereocenters. The normalized spacial score (nSPS) is 11.5. The lowest BCUT2D eigenvalue weighted by Gasteiger charge is -2.12. The number of aromatic nitrogens is 1. The zero-order valence-corrected chi connectivity index (χ0v) is 17.9. The average molecular weight is 478 g/mol. The third-order valence-electron chi connectivity index (χ3n) is 3.38. The van der Waals surface area contributed by atoms with Gasteiger partial charge in [0, 0.05) is 23.8 Å². The number of carbonyl (C=O) groups is 2. The van der Waals surface area contributed by atoms with Crippen molar-refractivity contribution in [3.05, 3.63) is 51.2 Å². The van der Waals surface area contributed by atoms with Crippen molar-refractivity contribution in [2.24, 2.45) is 7.05 Å². The van der Waals surface area contributed by atoms with Crippen molar-refractivity contribution in [3.8, 4) is 0 Å². The largest absolute Gasteiger partial charge is 0.345 e. The number of benzene rings is 1. The second-order valence-electron chi connectivity index (χ2n) is 5.98. The lowest BCUT2D eigenvalue weighted by molar-refractivity contribution is 0.0842. The van der Waals surface area contributed by atoms with Gasteiger partial charge >= 0.3 is 0 Å². The molecule has 0 aliphatic heterocycles. The summed E-state index contributed by atoms with van der Waals surface area (Å²) in [7, 11) is -2.12. The molecule has 0 atom stereocenters. The number of amides is 2. The Balaban J connectivity index is 2.17. The fraction of sp³-hybridized carbons (Fsp3) is 0.250. The molecule has 0 spiro atoms. The van der Waals surface area contributed by atoms with E-state index in [0.29, 0.717) is 10.2 Å². The van der Waals surface area contributed by atoms with Gasteiger partial charge < -0.3 is 4.57 Å². The first-order valence-corrected chi connectivity index (χ1v) is 10.4. The number of hydrazine groups is 1. The summed E-state index contributed by atoms with van der Waals surface area (Å²) in [5.41, 5.74) is 4.72. The number of aryl methyl sites for hydroxylation is 1. The van der Waals surface area contributed by atoms with Crippen molar-refractivity contribution >= 4 is 49.4 Å². The topological polar surface area (TPSA) is 109 Å². The fourth-order valence-corrected chi connectivity index (χ4v) is 4.22. The second-order valence-corrected chi connectivity index (χ2v) is 9.02. The molecule has 0 fully saturated rings. The highest BCUT2D eigenvalue weighted by molar-refractivity contribution is 9.10. The lowest BCUT2D eigenvalue weighted by Crippen LogP contribution is -2.42. The molecule has 8 nitrogen and oxygen atoms in total. The number of hydrogen-bond donors (Lipinski definition) is 3. The Morgan fingerprint density at radius 2 is 1.78 bits per heavy atom. The van der Waals surface area contributed by atoms with Crippen LogP contribution in [0.3, 0.4) is 0 Å². The van der Waals surface area contributed by atoms with Gasteiger partial charge in [-0.25, -0.2) is 13.1 Å². The van der Waals surface area contributed by atoms with Crippen molar-refractivity contribution in [1.29, 1.82) is 0 Å². The number of carbonyl (C=O) groups excluding carboxylic acids is 2. The summed E-state index contributed by atoms with van der Waals surface area (Å²) < 4.78 is 29.2. The van der Waals surface area contributed by atoms with Crippen molar-refractivity contribution in [3.63, 3.8) is 0 Å². The van der Waals surface area contributed by atoms with Crippen LogP contribution in [0.15, 0.2) is 39.8 Å². The minimum Gasteiger partial charge on any atom is -0.345 e. The van der Waals surface area contributed by atoms with Gasteiger partial charge in [0.05, 0.1) is 15.5 Å². The van der Waals surface area contributed by atoms with Crippen molar-refractivity contribution in [2.45, 2.75) is 24.8 Å². The van der Waals surface area contributed by atoms with E-state index in [1.54, 1.807) is 37.7 Å². The Kier molecular flexibility index (Phi) is 6.68. The minimum absolute atomic E-state index is 0.0480. The van der Waals surface area contributed by atoms with Gasteiger partial charge in [0.15, 0.2) is 0 Å². The SMILES string of the molecule is CC(C)NS(=O)(=O)c1ccc(Cl)c(C(=O)NNC(=O)c2cc(Br)cn2C)c1. The molecule has 2 rings (SSSR count). The van der Waals surface area contributed by atoms with E-state index >= 15 is 0 Å². The van der Waals surface area contributed by atoms with Gasteiger partial charge in [0.25, 0.3) is 11.8 Å². The van der Waals surface area contributed by atoms with E-state index in [1.165, 1.54) is 12.1 Å². The predicted octanol–water partition coefficient (Wildman–Crippen LogP) is 2.20. The monoisotopic (exact) mass is 476 g/mol. The van der Waals surface area contributed by atoms with Gasteiger partial charge in [0.1, 0.15) is 5.69 Å². The number of nitrogens with one attached hydrogen (secondary N) is 3. The molecule has 0 aliphatic rings. The highest BCUT2D eigenvalue weighted by Crippen LogP contribution is 2.20. The van der Waals surface area contributed by atoms with Gasteiger partial charge in [-0.2, -0.15) is 0 Å². The fourth-order valence-electron chi connectivity index (χ4n) is 2.22. The molecule has 1 heterocycles. The van der Waals surface area contributed by atoms with Crippen LogP contribution in [0.25, 0.3) is 0 Å². The Morgan fingerprint density at radius 1 is 1.15 bits per heavy atom. The van der Waals surface area contributed by atoms with Gasteiger partial charge in [-0.1, -0.05) is 11.6 Å². The van der Waals surface area contributed by atoms with E-state index in [9.17, 15) is 18.0 Å². The highest BCUT2D eigenvalue weighted by Gasteiger charge is 2.20. The number of hydrogen-bond acceptors (Lipinski definition) is 4. The summed E-state index contributed by atoms with van der Waals surface area (Å²) in [5, 5.41) is 0.0480. The summed E-state index contributed by atoms with van der Waals surface area (Å²) >= 11 is 9.26. The second kappa shape index (κ2) is 8.42. The summed E-state index contributed by atoms with van der Waals surface area (Å²) in [5.74, 6) is -1.29. The van der Waals surface area contributed by atoms with E-state index in [-0.39, 0.29) is 21.5 Å². The van der Waals surface area contributed by atoms with Gasteiger partial charge in [-0.15, -0.1) is 0 Å². The van der Waals surface area contributed by atoms with Gasteiger partial charge in [-0.05, 0) is 54.0 Å². The zero-order valence-electron chi connectivity index (χ0n) is 14.7. The van der Waals surface area contributed by atoms with Crippen molar-refractivity contribution in [1.82, 2.24) is 20.1 Å². The minimum atomic E-state index is -3.79. The molecule has 1 aromatic carbocycles. The summed E-state index contributed by atoms with van der Waals surface area (Å²) in [4.78, 5) is 24.4. The van der Waals surface area contributed by atoms with E-state index < -0.39 is 21.8 Å². The first-order chi connectivity index (χ1) is 12.5. The van der Waals surface area contributed by atoms with E-state index in [2.05, 4.69) is 31.5 Å². The Hall–Kier alpha value is -1.88. The smallest absolute Gasteiger partial charge is 0.286 e. The molecule has 27 heavy (non-hydrogen) atoms. The van der Waals surface area contributed by atoms with Gasteiger partial charge in [0.2, 0.25) is 10.0 Å². The molecule has 0 bridgehead atoms. The van der Waals surface area contributed by atoms with Crippen LogP contribution in [0, 0.1) is 0 Å². The quantitative estimate of drug-likeness (QED) is 0.574. The lowest BCUT2D eigenvalue weighted by atomic mass is 10.2. The average Bonchev–Trinajstić information content (AvgIpc) is 2.89. The number of sulfonamides is 1. The van der Waals surface area contributed by atoms with Crippen molar-refractivity contribution < 1.29 is 18.0 Å².